The molecule has 2 aromatic rings. The van der Waals surface area contributed by atoms with Crippen LogP contribution in [0.15, 0.2) is 24.3 Å². The van der Waals surface area contributed by atoms with Crippen LogP contribution in [-0.4, -0.2) is 17.3 Å². The van der Waals surface area contributed by atoms with Crippen LogP contribution in [0, 0.1) is 41.5 Å². The first-order valence-electron chi connectivity index (χ1n) is 9.68. The summed E-state index contributed by atoms with van der Waals surface area (Å²) in [6.07, 6.45) is 6.43. The molecule has 0 saturated heterocycles. The molecule has 1 nitrogen and oxygen atoms in total. The first-order chi connectivity index (χ1) is 12.2. The standard InChI is InChI=1S/C25H32N/c1-10-14(2)11-12-21-13-22-24-18(6)16(4)15(3)17(5)23(24)19(7)20(8)25(22)26(21)9/h11-12H,2,10,13H2,1,3-9H3/q+1/b12-11+. The summed E-state index contributed by atoms with van der Waals surface area (Å²) in [7, 11) is 2.21. The van der Waals surface area contributed by atoms with Crippen molar-refractivity contribution in [1.82, 2.24) is 0 Å². The average Bonchev–Trinajstić information content (AvgIpc) is 2.95. The molecule has 1 heterocycles. The molecule has 136 valence electrons. The van der Waals surface area contributed by atoms with Crippen LogP contribution in [0.5, 0.6) is 0 Å². The first kappa shape index (κ1) is 18.6. The van der Waals surface area contributed by atoms with Crippen molar-refractivity contribution in [3.8, 4) is 0 Å². The predicted molar refractivity (Wildman–Crippen MR) is 115 cm³/mol. The monoisotopic (exact) mass is 346 g/mol. The van der Waals surface area contributed by atoms with Gasteiger partial charge < -0.3 is 0 Å². The molecule has 26 heavy (non-hydrogen) atoms. The molecule has 0 aliphatic carbocycles. The van der Waals surface area contributed by atoms with E-state index < -0.39 is 0 Å². The maximum atomic E-state index is 4.12. The maximum absolute atomic E-state index is 4.12. The number of hydrogen-bond donors (Lipinski definition) is 0. The Morgan fingerprint density at radius 1 is 0.885 bits per heavy atom. The van der Waals surface area contributed by atoms with Gasteiger partial charge >= 0.3 is 0 Å². The minimum absolute atomic E-state index is 0.998. The molecule has 0 atom stereocenters. The van der Waals surface area contributed by atoms with Crippen LogP contribution in [0.4, 0.5) is 5.69 Å². The third-order valence-corrected chi connectivity index (χ3v) is 6.66. The summed E-state index contributed by atoms with van der Waals surface area (Å²) in [4.78, 5) is 0. The van der Waals surface area contributed by atoms with Crippen LogP contribution in [0.25, 0.3) is 10.8 Å². The molecule has 1 aliphatic heterocycles. The van der Waals surface area contributed by atoms with Crippen LogP contribution in [0.1, 0.15) is 52.3 Å². The Labute approximate surface area is 158 Å². The van der Waals surface area contributed by atoms with Gasteiger partial charge in [-0.05, 0) is 86.6 Å². The molecule has 1 aliphatic rings. The van der Waals surface area contributed by atoms with Crippen LogP contribution in [0.2, 0.25) is 0 Å². The first-order valence-corrected chi connectivity index (χ1v) is 9.68. The fourth-order valence-electron chi connectivity index (χ4n) is 4.44. The van der Waals surface area contributed by atoms with Gasteiger partial charge in [0.25, 0.3) is 0 Å². The highest BCUT2D eigenvalue weighted by Gasteiger charge is 2.32. The molecule has 0 N–H and O–H groups in total. The minimum atomic E-state index is 0.998. The summed E-state index contributed by atoms with van der Waals surface area (Å²) in [5.41, 5.74) is 14.0. The highest BCUT2D eigenvalue weighted by atomic mass is 15.0. The molecule has 0 radical (unpaired) electrons. The van der Waals surface area contributed by atoms with Crippen molar-refractivity contribution < 1.29 is 4.58 Å². The number of hydrogen-bond acceptors (Lipinski definition) is 0. The molecule has 0 unspecified atom stereocenters. The Balaban J connectivity index is 2.34. The predicted octanol–water partition coefficient (Wildman–Crippen LogP) is 6.48. The van der Waals surface area contributed by atoms with Gasteiger partial charge in [-0.3, -0.25) is 0 Å². The van der Waals surface area contributed by atoms with E-state index in [1.54, 1.807) is 0 Å². The lowest BCUT2D eigenvalue weighted by Crippen LogP contribution is -2.06. The van der Waals surface area contributed by atoms with E-state index in [0.29, 0.717) is 0 Å². The summed E-state index contributed by atoms with van der Waals surface area (Å²) in [6.45, 7) is 20.0. The molecular weight excluding hydrogens is 314 g/mol. The molecule has 0 spiro atoms. The SMILES string of the molecule is C=C(/C=C/C1=[N+](C)c2c(C)c(C)c3c(C)c(C)c(C)c(C)c3c2C1)CC. The van der Waals surface area contributed by atoms with Gasteiger partial charge in [0, 0.05) is 17.2 Å². The fraction of sp³-hybridized carbons (Fsp3) is 0.400. The van der Waals surface area contributed by atoms with Gasteiger partial charge in [0.2, 0.25) is 5.69 Å². The molecule has 0 fully saturated rings. The van der Waals surface area contributed by atoms with Crippen molar-refractivity contribution in [1.29, 1.82) is 0 Å². The Kier molecular flexibility index (Phi) is 4.69. The summed E-state index contributed by atoms with van der Waals surface area (Å²) < 4.78 is 2.39. The summed E-state index contributed by atoms with van der Waals surface area (Å²) in [6, 6.07) is 0. The molecule has 0 saturated carbocycles. The van der Waals surface area contributed by atoms with E-state index in [4.69, 9.17) is 0 Å². The maximum Gasteiger partial charge on any atom is 0.212 e. The molecule has 0 amide bonds. The average molecular weight is 347 g/mol. The van der Waals surface area contributed by atoms with E-state index in [0.717, 1.165) is 12.8 Å². The van der Waals surface area contributed by atoms with E-state index >= 15 is 0 Å². The Bertz CT molecular complexity index is 1010. The van der Waals surface area contributed by atoms with Gasteiger partial charge in [-0.25, -0.2) is 0 Å². The lowest BCUT2D eigenvalue weighted by Gasteiger charge is -2.19. The molecule has 3 rings (SSSR count). The molecule has 0 aromatic heterocycles. The number of nitrogens with zero attached hydrogens (tertiary/aromatic N) is 1. The van der Waals surface area contributed by atoms with E-state index in [2.05, 4.69) is 78.8 Å². The lowest BCUT2D eigenvalue weighted by molar-refractivity contribution is -0.401. The fourth-order valence-corrected chi connectivity index (χ4v) is 4.44. The minimum Gasteiger partial charge on any atom is -0.198 e. The van der Waals surface area contributed by atoms with Gasteiger partial charge in [-0.15, -0.1) is 0 Å². The number of allylic oxidation sites excluding steroid dienone is 3. The van der Waals surface area contributed by atoms with Gasteiger partial charge in [-0.1, -0.05) is 25.2 Å². The number of fused-ring (bicyclic) bond motifs is 3. The highest BCUT2D eigenvalue weighted by Crippen LogP contribution is 2.43. The Morgan fingerprint density at radius 3 is 2.00 bits per heavy atom. The largest absolute Gasteiger partial charge is 0.212 e. The van der Waals surface area contributed by atoms with Gasteiger partial charge in [0.15, 0.2) is 5.71 Å². The van der Waals surface area contributed by atoms with Crippen LogP contribution in [-0.2, 0) is 6.42 Å². The summed E-state index contributed by atoms with van der Waals surface area (Å²) in [5, 5.41) is 2.95. The van der Waals surface area contributed by atoms with Gasteiger partial charge in [-0.2, -0.15) is 4.58 Å². The molecular formula is C25H32N+. The number of rotatable bonds is 3. The van der Waals surface area contributed by atoms with E-state index in [-0.39, 0.29) is 0 Å². The second-order valence-electron chi connectivity index (χ2n) is 7.90. The van der Waals surface area contributed by atoms with E-state index in [1.165, 1.54) is 66.7 Å². The quantitative estimate of drug-likeness (QED) is 0.442. The molecule has 2 aromatic carbocycles. The van der Waals surface area contributed by atoms with Crippen molar-refractivity contribution in [2.24, 2.45) is 0 Å². The van der Waals surface area contributed by atoms with Crippen molar-refractivity contribution in [2.75, 3.05) is 7.05 Å². The zero-order chi connectivity index (χ0) is 19.3. The second kappa shape index (κ2) is 6.54. The lowest BCUT2D eigenvalue weighted by atomic mass is 9.84. The normalized spacial score (nSPS) is 14.0. The molecule has 0 bridgehead atoms. The van der Waals surface area contributed by atoms with Crippen LogP contribution in [0.3, 0.4) is 0 Å². The number of aryl methyl sites for hydroxylation is 3. The zero-order valence-electron chi connectivity index (χ0n) is 17.7. The smallest absolute Gasteiger partial charge is 0.198 e. The van der Waals surface area contributed by atoms with Crippen LogP contribution < -0.4 is 0 Å². The third-order valence-electron chi connectivity index (χ3n) is 6.66. The van der Waals surface area contributed by atoms with Crippen molar-refractivity contribution in [2.45, 2.75) is 61.3 Å². The summed E-state index contributed by atoms with van der Waals surface area (Å²) in [5.74, 6) is 0. The Hall–Kier alpha value is -2.15. The van der Waals surface area contributed by atoms with E-state index in [9.17, 15) is 0 Å². The molecule has 1 heteroatoms. The second-order valence-corrected chi connectivity index (χ2v) is 7.90. The topological polar surface area (TPSA) is 3.01 Å². The van der Waals surface area contributed by atoms with Gasteiger partial charge in [0.1, 0.15) is 7.05 Å². The highest BCUT2D eigenvalue weighted by molar-refractivity contribution is 6.06. The van der Waals surface area contributed by atoms with Crippen molar-refractivity contribution in [3.63, 3.8) is 0 Å². The zero-order valence-corrected chi connectivity index (χ0v) is 17.7. The number of benzene rings is 2. The van der Waals surface area contributed by atoms with Crippen molar-refractivity contribution in [3.05, 3.63) is 63.2 Å². The third kappa shape index (κ3) is 2.57. The summed E-state index contributed by atoms with van der Waals surface area (Å²) >= 11 is 0. The Morgan fingerprint density at radius 2 is 1.42 bits per heavy atom. The van der Waals surface area contributed by atoms with Gasteiger partial charge in [0.05, 0.1) is 6.42 Å². The van der Waals surface area contributed by atoms with E-state index in [1.807, 2.05) is 0 Å². The van der Waals surface area contributed by atoms with Crippen LogP contribution >= 0.6 is 0 Å². The van der Waals surface area contributed by atoms with Crippen molar-refractivity contribution >= 4 is 22.2 Å².